The summed E-state index contributed by atoms with van der Waals surface area (Å²) in [6.07, 6.45) is -0.492. The molecule has 0 aliphatic carbocycles. The van der Waals surface area contributed by atoms with Crippen LogP contribution in [0.15, 0.2) is 78.9 Å². The first-order chi connectivity index (χ1) is 12.2. The minimum Gasteiger partial charge on any atom is -0.444 e. The molecule has 0 aliphatic heterocycles. The summed E-state index contributed by atoms with van der Waals surface area (Å²) < 4.78 is 5.48. The number of anilines is 2. The number of nitrogens with zero attached hydrogens (tertiary/aromatic N) is 1. The van der Waals surface area contributed by atoms with Crippen LogP contribution >= 0.6 is 0 Å². The molecule has 4 nitrogen and oxygen atoms in total. The van der Waals surface area contributed by atoms with Crippen molar-refractivity contribution in [3.8, 4) is 5.75 Å². The molecule has 3 aromatic rings. The number of ether oxygens (including phenoxy) is 1. The first-order valence-corrected chi connectivity index (χ1v) is 7.99. The number of carbonyl (C=O) groups excluding carboxylic acids is 1. The van der Waals surface area contributed by atoms with Crippen LogP contribution in [-0.4, -0.2) is 6.09 Å². The van der Waals surface area contributed by atoms with Gasteiger partial charge in [-0.3, -0.25) is 5.11 Å². The summed E-state index contributed by atoms with van der Waals surface area (Å²) in [5.41, 5.74) is 2.74. The molecule has 0 N–H and O–H groups in total. The Balaban J connectivity index is 1.84. The first kappa shape index (κ1) is 16.6. The third-order valence-electron chi connectivity index (χ3n) is 3.96. The molecule has 3 aromatic carbocycles. The fourth-order valence-corrected chi connectivity index (χ4v) is 2.53. The highest BCUT2D eigenvalue weighted by molar-refractivity contribution is 5.95. The number of benzene rings is 3. The highest BCUT2D eigenvalue weighted by Crippen LogP contribution is 2.27. The minimum absolute atomic E-state index is 0.0525. The van der Waals surface area contributed by atoms with Gasteiger partial charge in [0.15, 0.2) is 5.75 Å². The predicted octanol–water partition coefficient (Wildman–Crippen LogP) is 5.61. The molecule has 0 saturated carbocycles. The topological polar surface area (TPSA) is 49.4 Å². The average Bonchev–Trinajstić information content (AvgIpc) is 2.65. The van der Waals surface area contributed by atoms with E-state index in [0.29, 0.717) is 22.5 Å². The number of amides is 1. The van der Waals surface area contributed by atoms with Crippen LogP contribution in [0.4, 0.5) is 16.2 Å². The summed E-state index contributed by atoms with van der Waals surface area (Å²) in [5, 5.41) is 11.7. The lowest BCUT2D eigenvalue weighted by Gasteiger charge is -2.22. The molecule has 4 heteroatoms. The van der Waals surface area contributed by atoms with Gasteiger partial charge in [0.25, 0.3) is 0 Å². The van der Waals surface area contributed by atoms with Gasteiger partial charge in [-0.15, -0.1) is 0 Å². The molecule has 0 heterocycles. The van der Waals surface area contributed by atoms with Crippen molar-refractivity contribution in [2.75, 3.05) is 4.90 Å². The zero-order valence-corrected chi connectivity index (χ0v) is 13.9. The smallest absolute Gasteiger partial charge is 0.419 e. The number of para-hydroxylation sites is 2. The Bertz CT molecular complexity index is 808. The van der Waals surface area contributed by atoms with Gasteiger partial charge in [-0.25, -0.2) is 9.69 Å². The molecule has 0 bridgehead atoms. The molecule has 0 atom stereocenters. The number of hydrogen-bond donors (Lipinski definition) is 0. The molecule has 0 unspecified atom stereocenters. The van der Waals surface area contributed by atoms with E-state index in [-0.39, 0.29) is 12.4 Å². The highest BCUT2D eigenvalue weighted by Gasteiger charge is 2.19. The van der Waals surface area contributed by atoms with Crippen LogP contribution in [0, 0.1) is 6.92 Å². The van der Waals surface area contributed by atoms with Gasteiger partial charge >= 0.3 is 6.09 Å². The van der Waals surface area contributed by atoms with E-state index in [0.717, 1.165) is 0 Å². The molecule has 0 aromatic heterocycles. The van der Waals surface area contributed by atoms with Crippen LogP contribution in [0.5, 0.6) is 5.75 Å². The molecule has 0 spiro atoms. The van der Waals surface area contributed by atoms with Crippen LogP contribution in [-0.2, 0) is 16.5 Å². The van der Waals surface area contributed by atoms with Crippen LogP contribution in [0.1, 0.15) is 11.1 Å². The van der Waals surface area contributed by atoms with E-state index in [1.54, 1.807) is 19.1 Å². The molecule has 0 aliphatic rings. The molecule has 0 saturated heterocycles. The number of rotatable bonds is 4. The summed E-state index contributed by atoms with van der Waals surface area (Å²) in [6.45, 7) is 1.79. The van der Waals surface area contributed by atoms with Crippen LogP contribution in [0.2, 0.25) is 0 Å². The van der Waals surface area contributed by atoms with Crippen molar-refractivity contribution in [1.82, 2.24) is 0 Å². The van der Waals surface area contributed by atoms with E-state index in [2.05, 4.69) is 0 Å². The summed E-state index contributed by atoms with van der Waals surface area (Å²) in [4.78, 5) is 14.2. The van der Waals surface area contributed by atoms with Crippen LogP contribution in [0.3, 0.4) is 0 Å². The van der Waals surface area contributed by atoms with Gasteiger partial charge in [0.1, 0.15) is 6.61 Å². The van der Waals surface area contributed by atoms with Crippen molar-refractivity contribution in [2.45, 2.75) is 13.5 Å². The first-order valence-electron chi connectivity index (χ1n) is 7.99. The molecule has 25 heavy (non-hydrogen) atoms. The summed E-state index contributed by atoms with van der Waals surface area (Å²) in [7, 11) is 0. The Kier molecular flexibility index (Phi) is 5.00. The van der Waals surface area contributed by atoms with Gasteiger partial charge in [0.05, 0.1) is 11.4 Å². The molecule has 0 fully saturated rings. The Morgan fingerprint density at radius 3 is 1.96 bits per heavy atom. The third-order valence-corrected chi connectivity index (χ3v) is 3.96. The maximum absolute atomic E-state index is 12.7. The second kappa shape index (κ2) is 7.53. The molecular weight excluding hydrogens is 314 g/mol. The number of hydrogen-bond acceptors (Lipinski definition) is 2. The summed E-state index contributed by atoms with van der Waals surface area (Å²) in [5.74, 6) is -0.0588. The fourth-order valence-electron chi connectivity index (χ4n) is 2.53. The lowest BCUT2D eigenvalue weighted by molar-refractivity contribution is 0.149. The molecule has 3 rings (SSSR count). The molecule has 1 radical (unpaired) electrons. The van der Waals surface area contributed by atoms with Crippen molar-refractivity contribution >= 4 is 17.5 Å². The maximum atomic E-state index is 12.7. The quantitative estimate of drug-likeness (QED) is 0.623. The van der Waals surface area contributed by atoms with Gasteiger partial charge in [-0.1, -0.05) is 48.5 Å². The largest absolute Gasteiger partial charge is 0.444 e. The Labute approximate surface area is 146 Å². The van der Waals surface area contributed by atoms with E-state index in [4.69, 9.17) is 4.74 Å². The Morgan fingerprint density at radius 1 is 0.840 bits per heavy atom. The minimum atomic E-state index is -0.492. The third kappa shape index (κ3) is 3.80. The average molecular weight is 332 g/mol. The lowest BCUT2D eigenvalue weighted by Crippen LogP contribution is -2.26. The standard InChI is InChI=1S/C21H18NO3/c1-16-17(9-8-14-20(16)23)15-25-21(24)22(18-10-4-2-5-11-18)19-12-6-3-7-13-19/h2-14H,15H2,1H3. The van der Waals surface area contributed by atoms with E-state index >= 15 is 0 Å². The second-order valence-corrected chi connectivity index (χ2v) is 5.60. The second-order valence-electron chi connectivity index (χ2n) is 5.60. The molecular formula is C21H18NO3. The lowest BCUT2D eigenvalue weighted by atomic mass is 10.1. The van der Waals surface area contributed by atoms with Gasteiger partial charge < -0.3 is 4.74 Å². The maximum Gasteiger partial charge on any atom is 0.419 e. The van der Waals surface area contributed by atoms with Crippen molar-refractivity contribution < 1.29 is 14.6 Å². The van der Waals surface area contributed by atoms with Crippen LogP contribution in [0.25, 0.3) is 0 Å². The Hall–Kier alpha value is -3.27. The number of carbonyl (C=O) groups is 1. The molecule has 125 valence electrons. The van der Waals surface area contributed by atoms with E-state index in [1.807, 2.05) is 60.7 Å². The zero-order chi connectivity index (χ0) is 17.6. The van der Waals surface area contributed by atoms with Crippen molar-refractivity contribution in [2.24, 2.45) is 0 Å². The summed E-state index contributed by atoms with van der Waals surface area (Å²) in [6, 6.07) is 23.6. The predicted molar refractivity (Wildman–Crippen MR) is 96.5 cm³/mol. The molecule has 1 amide bonds. The highest BCUT2D eigenvalue weighted by atomic mass is 16.6. The zero-order valence-electron chi connectivity index (χ0n) is 13.9. The van der Waals surface area contributed by atoms with Gasteiger partial charge in [-0.05, 0) is 42.8 Å². The SMILES string of the molecule is Cc1c([O])cccc1COC(=O)N(c1ccccc1)c1ccccc1. The van der Waals surface area contributed by atoms with Crippen molar-refractivity contribution in [1.29, 1.82) is 0 Å². The van der Waals surface area contributed by atoms with E-state index in [1.165, 1.54) is 11.0 Å². The summed E-state index contributed by atoms with van der Waals surface area (Å²) >= 11 is 0. The Morgan fingerprint density at radius 2 is 1.40 bits per heavy atom. The van der Waals surface area contributed by atoms with E-state index < -0.39 is 6.09 Å². The van der Waals surface area contributed by atoms with Gasteiger partial charge in [0.2, 0.25) is 0 Å². The van der Waals surface area contributed by atoms with Crippen molar-refractivity contribution in [3.63, 3.8) is 0 Å². The fraction of sp³-hybridized carbons (Fsp3) is 0.0952. The van der Waals surface area contributed by atoms with Crippen molar-refractivity contribution in [3.05, 3.63) is 90.0 Å². The van der Waals surface area contributed by atoms with Crippen LogP contribution < -0.4 is 4.90 Å². The monoisotopic (exact) mass is 332 g/mol. The van der Waals surface area contributed by atoms with Gasteiger partial charge in [-0.2, -0.15) is 0 Å². The normalized spacial score (nSPS) is 10.3. The van der Waals surface area contributed by atoms with Gasteiger partial charge in [0, 0.05) is 5.56 Å². The van der Waals surface area contributed by atoms with E-state index in [9.17, 15) is 9.90 Å².